The highest BCUT2D eigenvalue weighted by molar-refractivity contribution is 5.65. The van der Waals surface area contributed by atoms with Crippen LogP contribution in [0, 0.1) is 11.3 Å². The zero-order chi connectivity index (χ0) is 13.0. The normalized spacial score (nSPS) is 11.8. The zero-order valence-corrected chi connectivity index (χ0v) is 10.4. The van der Waals surface area contributed by atoms with Gasteiger partial charge in [0.05, 0.1) is 11.6 Å². The SMILES string of the molecule is CCC(N)c1ccc(-c2cccc(C#N)c2)cc1. The molecule has 0 aromatic heterocycles. The van der Waals surface area contributed by atoms with Crippen LogP contribution in [0.4, 0.5) is 0 Å². The molecule has 2 nitrogen and oxygen atoms in total. The summed E-state index contributed by atoms with van der Waals surface area (Å²) in [4.78, 5) is 0. The fraction of sp³-hybridized carbons (Fsp3) is 0.188. The third-order valence-corrected chi connectivity index (χ3v) is 3.10. The minimum Gasteiger partial charge on any atom is -0.324 e. The van der Waals surface area contributed by atoms with Crippen molar-refractivity contribution < 1.29 is 0 Å². The molecule has 0 fully saturated rings. The van der Waals surface area contributed by atoms with Gasteiger partial charge >= 0.3 is 0 Å². The second-order valence-corrected chi connectivity index (χ2v) is 4.33. The van der Waals surface area contributed by atoms with Gasteiger partial charge in [0.25, 0.3) is 0 Å². The first kappa shape index (κ1) is 12.3. The molecule has 0 radical (unpaired) electrons. The van der Waals surface area contributed by atoms with E-state index in [1.807, 2.05) is 24.3 Å². The third kappa shape index (κ3) is 2.58. The summed E-state index contributed by atoms with van der Waals surface area (Å²) in [7, 11) is 0. The van der Waals surface area contributed by atoms with E-state index in [0.717, 1.165) is 23.1 Å². The lowest BCUT2D eigenvalue weighted by molar-refractivity contribution is 0.699. The number of benzene rings is 2. The van der Waals surface area contributed by atoms with Crippen LogP contribution in [-0.2, 0) is 0 Å². The Hall–Kier alpha value is -2.11. The first-order valence-electron chi connectivity index (χ1n) is 6.10. The van der Waals surface area contributed by atoms with Crippen molar-refractivity contribution in [3.8, 4) is 17.2 Å². The molecule has 0 spiro atoms. The molecule has 0 aliphatic carbocycles. The maximum absolute atomic E-state index is 8.89. The topological polar surface area (TPSA) is 49.8 Å². The first-order valence-corrected chi connectivity index (χ1v) is 6.10. The average molecular weight is 236 g/mol. The average Bonchev–Trinajstić information content (AvgIpc) is 2.46. The van der Waals surface area contributed by atoms with Crippen molar-refractivity contribution in [2.45, 2.75) is 19.4 Å². The van der Waals surface area contributed by atoms with Gasteiger partial charge in [-0.05, 0) is 35.2 Å². The van der Waals surface area contributed by atoms with E-state index in [-0.39, 0.29) is 6.04 Å². The summed E-state index contributed by atoms with van der Waals surface area (Å²) >= 11 is 0. The van der Waals surface area contributed by atoms with Gasteiger partial charge in [-0.3, -0.25) is 0 Å². The number of nitriles is 1. The molecule has 18 heavy (non-hydrogen) atoms. The summed E-state index contributed by atoms with van der Waals surface area (Å²) in [6.07, 6.45) is 0.934. The summed E-state index contributed by atoms with van der Waals surface area (Å²) in [6, 6.07) is 18.1. The molecule has 1 unspecified atom stereocenters. The molecule has 0 bridgehead atoms. The Morgan fingerprint density at radius 1 is 1.11 bits per heavy atom. The molecule has 90 valence electrons. The summed E-state index contributed by atoms with van der Waals surface area (Å²) < 4.78 is 0. The lowest BCUT2D eigenvalue weighted by Crippen LogP contribution is -2.08. The van der Waals surface area contributed by atoms with Gasteiger partial charge in [-0.25, -0.2) is 0 Å². The number of hydrogen-bond donors (Lipinski definition) is 1. The fourth-order valence-electron chi connectivity index (χ4n) is 1.93. The summed E-state index contributed by atoms with van der Waals surface area (Å²) in [6.45, 7) is 2.08. The van der Waals surface area contributed by atoms with Gasteiger partial charge in [-0.15, -0.1) is 0 Å². The lowest BCUT2D eigenvalue weighted by atomic mass is 9.99. The van der Waals surface area contributed by atoms with Gasteiger partial charge in [0.15, 0.2) is 0 Å². The van der Waals surface area contributed by atoms with Crippen LogP contribution in [0.1, 0.15) is 30.5 Å². The molecule has 2 aromatic rings. The molecule has 2 aromatic carbocycles. The van der Waals surface area contributed by atoms with Crippen molar-refractivity contribution in [3.05, 3.63) is 59.7 Å². The van der Waals surface area contributed by atoms with E-state index in [4.69, 9.17) is 11.0 Å². The van der Waals surface area contributed by atoms with E-state index < -0.39 is 0 Å². The number of hydrogen-bond acceptors (Lipinski definition) is 2. The first-order chi connectivity index (χ1) is 8.74. The maximum atomic E-state index is 8.89. The zero-order valence-electron chi connectivity index (χ0n) is 10.4. The summed E-state index contributed by atoms with van der Waals surface area (Å²) in [5.74, 6) is 0. The smallest absolute Gasteiger partial charge is 0.0991 e. The number of rotatable bonds is 3. The van der Waals surface area contributed by atoms with Crippen LogP contribution in [0.2, 0.25) is 0 Å². The fourth-order valence-corrected chi connectivity index (χ4v) is 1.93. The highest BCUT2D eigenvalue weighted by Gasteiger charge is 2.04. The van der Waals surface area contributed by atoms with Gasteiger partial charge < -0.3 is 5.73 Å². The van der Waals surface area contributed by atoms with Crippen LogP contribution in [0.15, 0.2) is 48.5 Å². The largest absolute Gasteiger partial charge is 0.324 e. The Morgan fingerprint density at radius 3 is 2.44 bits per heavy atom. The van der Waals surface area contributed by atoms with Crippen LogP contribution in [-0.4, -0.2) is 0 Å². The second kappa shape index (κ2) is 5.48. The predicted octanol–water partition coefficient (Wildman–Crippen LogP) is 3.64. The van der Waals surface area contributed by atoms with Crippen molar-refractivity contribution in [1.29, 1.82) is 5.26 Å². The highest BCUT2D eigenvalue weighted by atomic mass is 14.6. The van der Waals surface area contributed by atoms with E-state index in [9.17, 15) is 0 Å². The third-order valence-electron chi connectivity index (χ3n) is 3.10. The molecule has 0 aliphatic rings. The molecular weight excluding hydrogens is 220 g/mol. The molecule has 0 amide bonds. The van der Waals surface area contributed by atoms with E-state index >= 15 is 0 Å². The second-order valence-electron chi connectivity index (χ2n) is 4.33. The van der Waals surface area contributed by atoms with Gasteiger partial charge in [0, 0.05) is 6.04 Å². The van der Waals surface area contributed by atoms with Crippen LogP contribution in [0.25, 0.3) is 11.1 Å². The molecule has 0 heterocycles. The number of nitrogens with zero attached hydrogens (tertiary/aromatic N) is 1. The standard InChI is InChI=1S/C16H16N2/c1-2-16(18)14-8-6-13(7-9-14)15-5-3-4-12(10-15)11-17/h3-10,16H,2,18H2,1H3. The Morgan fingerprint density at radius 2 is 1.83 bits per heavy atom. The highest BCUT2D eigenvalue weighted by Crippen LogP contribution is 2.23. The molecule has 2 rings (SSSR count). The summed E-state index contributed by atoms with van der Waals surface area (Å²) in [5.41, 5.74) is 9.99. The minimum atomic E-state index is 0.101. The quantitative estimate of drug-likeness (QED) is 0.884. The van der Waals surface area contributed by atoms with Gasteiger partial charge in [0.2, 0.25) is 0 Å². The van der Waals surface area contributed by atoms with Gasteiger partial charge in [-0.2, -0.15) is 5.26 Å². The van der Waals surface area contributed by atoms with Crippen LogP contribution in [0.3, 0.4) is 0 Å². The van der Waals surface area contributed by atoms with E-state index in [1.165, 1.54) is 0 Å². The maximum Gasteiger partial charge on any atom is 0.0991 e. The van der Waals surface area contributed by atoms with E-state index in [0.29, 0.717) is 5.56 Å². The van der Waals surface area contributed by atoms with E-state index in [2.05, 4.69) is 37.3 Å². The lowest BCUT2D eigenvalue weighted by Gasteiger charge is -2.10. The Labute approximate surface area is 108 Å². The van der Waals surface area contributed by atoms with Crippen LogP contribution in [0.5, 0.6) is 0 Å². The van der Waals surface area contributed by atoms with Crippen molar-refractivity contribution in [2.75, 3.05) is 0 Å². The van der Waals surface area contributed by atoms with Crippen LogP contribution >= 0.6 is 0 Å². The minimum absolute atomic E-state index is 0.101. The van der Waals surface area contributed by atoms with Crippen molar-refractivity contribution in [3.63, 3.8) is 0 Å². The predicted molar refractivity (Wildman–Crippen MR) is 73.8 cm³/mol. The Balaban J connectivity index is 2.32. The van der Waals surface area contributed by atoms with Crippen molar-refractivity contribution >= 4 is 0 Å². The summed E-state index contributed by atoms with van der Waals surface area (Å²) in [5, 5.41) is 8.89. The molecule has 2 heteroatoms. The number of nitrogens with two attached hydrogens (primary N) is 1. The van der Waals surface area contributed by atoms with Gasteiger partial charge in [-0.1, -0.05) is 43.3 Å². The monoisotopic (exact) mass is 236 g/mol. The van der Waals surface area contributed by atoms with E-state index in [1.54, 1.807) is 0 Å². The Kier molecular flexibility index (Phi) is 3.76. The molecule has 0 saturated carbocycles. The van der Waals surface area contributed by atoms with Crippen molar-refractivity contribution in [2.24, 2.45) is 5.73 Å². The molecular formula is C16H16N2. The van der Waals surface area contributed by atoms with Crippen LogP contribution < -0.4 is 5.73 Å². The molecule has 1 atom stereocenters. The Bertz CT molecular complexity index is 564. The molecule has 0 aliphatic heterocycles. The van der Waals surface area contributed by atoms with Crippen molar-refractivity contribution in [1.82, 2.24) is 0 Å². The molecule has 0 saturated heterocycles. The molecule has 2 N–H and O–H groups in total. The van der Waals surface area contributed by atoms with Gasteiger partial charge in [0.1, 0.15) is 0 Å².